The number of amides is 1. The van der Waals surface area contributed by atoms with E-state index in [9.17, 15) is 14.0 Å². The average Bonchev–Trinajstić information content (AvgIpc) is 3.31. The normalized spacial score (nSPS) is 15.1. The molecule has 26 heavy (non-hydrogen) atoms. The zero-order chi connectivity index (χ0) is 18.5. The molecule has 5 nitrogen and oxygen atoms in total. The molecule has 2 heterocycles. The summed E-state index contributed by atoms with van der Waals surface area (Å²) in [7, 11) is 0. The van der Waals surface area contributed by atoms with E-state index in [0.29, 0.717) is 23.5 Å². The van der Waals surface area contributed by atoms with E-state index in [1.54, 1.807) is 42.2 Å². The standard InChI is InChI=1S/C20H22FNO4/c1-14(20(24)22-12-4-5-13-22)25-19(23)11-9-15-8-10-18(26-15)16-6-2-3-7-17(16)21/h2-3,6-8,10,14H,4-5,9,11-13H2,1H3. The number of esters is 1. The number of carbonyl (C=O) groups excluding carboxylic acids is 2. The Bertz CT molecular complexity index is 780. The molecular weight excluding hydrogens is 337 g/mol. The summed E-state index contributed by atoms with van der Waals surface area (Å²) in [4.78, 5) is 25.9. The Kier molecular flexibility index (Phi) is 5.71. The van der Waals surface area contributed by atoms with Crippen molar-refractivity contribution >= 4 is 11.9 Å². The number of benzene rings is 1. The van der Waals surface area contributed by atoms with Gasteiger partial charge in [0.15, 0.2) is 6.10 Å². The van der Waals surface area contributed by atoms with Gasteiger partial charge in [0.25, 0.3) is 5.91 Å². The van der Waals surface area contributed by atoms with Crippen molar-refractivity contribution in [2.45, 2.75) is 38.7 Å². The second kappa shape index (κ2) is 8.17. The molecule has 1 aliphatic heterocycles. The third-order valence-corrected chi connectivity index (χ3v) is 4.45. The van der Waals surface area contributed by atoms with Gasteiger partial charge in [-0.15, -0.1) is 0 Å². The van der Waals surface area contributed by atoms with Crippen LogP contribution in [0.3, 0.4) is 0 Å². The van der Waals surface area contributed by atoms with E-state index in [1.165, 1.54) is 6.07 Å². The summed E-state index contributed by atoms with van der Waals surface area (Å²) in [5.74, 6) is 0.0365. The highest BCUT2D eigenvalue weighted by Crippen LogP contribution is 2.25. The molecule has 1 fully saturated rings. The van der Waals surface area contributed by atoms with Crippen LogP contribution in [0.4, 0.5) is 4.39 Å². The number of furan rings is 1. The van der Waals surface area contributed by atoms with Crippen molar-refractivity contribution in [3.8, 4) is 11.3 Å². The Morgan fingerprint density at radius 1 is 1.19 bits per heavy atom. The second-order valence-corrected chi connectivity index (χ2v) is 6.41. The Hall–Kier alpha value is -2.63. The van der Waals surface area contributed by atoms with Crippen molar-refractivity contribution in [3.05, 3.63) is 48.0 Å². The van der Waals surface area contributed by atoms with E-state index in [2.05, 4.69) is 0 Å². The average molecular weight is 359 g/mol. The van der Waals surface area contributed by atoms with Crippen LogP contribution in [0.5, 0.6) is 0 Å². The van der Waals surface area contributed by atoms with Gasteiger partial charge in [0.1, 0.15) is 17.3 Å². The van der Waals surface area contributed by atoms with Crippen LogP contribution in [0.25, 0.3) is 11.3 Å². The van der Waals surface area contributed by atoms with Crippen molar-refractivity contribution in [1.82, 2.24) is 4.90 Å². The van der Waals surface area contributed by atoms with Crippen LogP contribution in [0.1, 0.15) is 31.9 Å². The highest BCUT2D eigenvalue weighted by molar-refractivity contribution is 5.83. The first kappa shape index (κ1) is 18.2. The summed E-state index contributed by atoms with van der Waals surface area (Å²) in [6.07, 6.45) is 1.65. The maximum absolute atomic E-state index is 13.8. The number of ether oxygens (including phenoxy) is 1. The molecule has 1 aromatic heterocycles. The molecule has 3 rings (SSSR count). The molecule has 1 aromatic carbocycles. The number of nitrogens with zero attached hydrogens (tertiary/aromatic N) is 1. The first-order valence-corrected chi connectivity index (χ1v) is 8.86. The van der Waals surface area contributed by atoms with Gasteiger partial charge in [-0.1, -0.05) is 12.1 Å². The number of rotatable bonds is 6. The lowest BCUT2D eigenvalue weighted by molar-refractivity contribution is -0.158. The lowest BCUT2D eigenvalue weighted by atomic mass is 10.1. The molecule has 0 radical (unpaired) electrons. The van der Waals surface area contributed by atoms with E-state index >= 15 is 0 Å². The Balaban J connectivity index is 1.50. The van der Waals surface area contributed by atoms with Crippen LogP contribution in [-0.4, -0.2) is 36.0 Å². The molecule has 1 aliphatic rings. The minimum Gasteiger partial charge on any atom is -0.461 e. The predicted molar refractivity (Wildman–Crippen MR) is 93.8 cm³/mol. The largest absolute Gasteiger partial charge is 0.461 e. The van der Waals surface area contributed by atoms with Crippen molar-refractivity contribution < 1.29 is 23.1 Å². The van der Waals surface area contributed by atoms with E-state index in [4.69, 9.17) is 9.15 Å². The minimum absolute atomic E-state index is 0.0991. The zero-order valence-electron chi connectivity index (χ0n) is 14.7. The van der Waals surface area contributed by atoms with Gasteiger partial charge >= 0.3 is 5.97 Å². The topological polar surface area (TPSA) is 59.8 Å². The summed E-state index contributed by atoms with van der Waals surface area (Å²) < 4.78 is 24.6. The molecule has 1 unspecified atom stereocenters. The summed E-state index contributed by atoms with van der Waals surface area (Å²) in [6.45, 7) is 3.06. The first-order chi connectivity index (χ1) is 12.5. The third-order valence-electron chi connectivity index (χ3n) is 4.45. The van der Waals surface area contributed by atoms with Crippen LogP contribution >= 0.6 is 0 Å². The highest BCUT2D eigenvalue weighted by Gasteiger charge is 2.25. The van der Waals surface area contributed by atoms with Crippen LogP contribution in [0, 0.1) is 5.82 Å². The summed E-state index contributed by atoms with van der Waals surface area (Å²) in [5, 5.41) is 0. The van der Waals surface area contributed by atoms with Crippen LogP contribution in [-0.2, 0) is 20.7 Å². The fourth-order valence-electron chi connectivity index (χ4n) is 3.04. The summed E-state index contributed by atoms with van der Waals surface area (Å²) in [5.41, 5.74) is 0.381. The number of hydrogen-bond donors (Lipinski definition) is 0. The first-order valence-electron chi connectivity index (χ1n) is 8.86. The maximum atomic E-state index is 13.8. The molecule has 0 bridgehead atoms. The SMILES string of the molecule is CC(OC(=O)CCc1ccc(-c2ccccc2F)o1)C(=O)N1CCCC1. The molecule has 1 atom stereocenters. The molecule has 0 spiro atoms. The molecule has 1 saturated heterocycles. The van der Waals surface area contributed by atoms with Crippen molar-refractivity contribution in [2.24, 2.45) is 0 Å². The lowest BCUT2D eigenvalue weighted by Crippen LogP contribution is -2.38. The number of likely N-dealkylation sites (tertiary alicyclic amines) is 1. The van der Waals surface area contributed by atoms with Crippen molar-refractivity contribution in [2.75, 3.05) is 13.1 Å². The lowest BCUT2D eigenvalue weighted by Gasteiger charge is -2.20. The van der Waals surface area contributed by atoms with E-state index in [-0.39, 0.29) is 18.1 Å². The van der Waals surface area contributed by atoms with Crippen LogP contribution < -0.4 is 0 Å². The fourth-order valence-corrected chi connectivity index (χ4v) is 3.04. The third kappa shape index (κ3) is 4.31. The zero-order valence-corrected chi connectivity index (χ0v) is 14.7. The quantitative estimate of drug-likeness (QED) is 0.740. The van der Waals surface area contributed by atoms with Gasteiger partial charge in [0.05, 0.1) is 12.0 Å². The molecule has 0 saturated carbocycles. The predicted octanol–water partition coefficient (Wildman–Crippen LogP) is 3.57. The minimum atomic E-state index is -0.772. The van der Waals surface area contributed by atoms with Crippen molar-refractivity contribution in [3.63, 3.8) is 0 Å². The Morgan fingerprint density at radius 3 is 2.65 bits per heavy atom. The maximum Gasteiger partial charge on any atom is 0.307 e. The van der Waals surface area contributed by atoms with E-state index in [0.717, 1.165) is 25.9 Å². The fraction of sp³-hybridized carbons (Fsp3) is 0.400. The van der Waals surface area contributed by atoms with Gasteiger partial charge < -0.3 is 14.1 Å². The van der Waals surface area contributed by atoms with Gasteiger partial charge in [-0.2, -0.15) is 0 Å². The number of halogens is 1. The number of carbonyl (C=O) groups is 2. The molecular formula is C20H22FNO4. The monoisotopic (exact) mass is 359 g/mol. The molecule has 0 aliphatic carbocycles. The molecule has 2 aromatic rings. The highest BCUT2D eigenvalue weighted by atomic mass is 19.1. The van der Waals surface area contributed by atoms with Crippen LogP contribution in [0.15, 0.2) is 40.8 Å². The summed E-state index contributed by atoms with van der Waals surface area (Å²) in [6, 6.07) is 9.75. The summed E-state index contributed by atoms with van der Waals surface area (Å²) >= 11 is 0. The van der Waals surface area contributed by atoms with E-state index < -0.39 is 12.1 Å². The Morgan fingerprint density at radius 2 is 1.92 bits per heavy atom. The van der Waals surface area contributed by atoms with E-state index in [1.807, 2.05) is 0 Å². The number of hydrogen-bond acceptors (Lipinski definition) is 4. The molecule has 6 heteroatoms. The van der Waals surface area contributed by atoms with Gasteiger partial charge in [0, 0.05) is 19.5 Å². The van der Waals surface area contributed by atoms with Gasteiger partial charge in [-0.25, -0.2) is 4.39 Å². The molecule has 0 N–H and O–H groups in total. The number of aryl methyl sites for hydroxylation is 1. The molecule has 1 amide bonds. The van der Waals surface area contributed by atoms with Gasteiger partial charge in [-0.3, -0.25) is 9.59 Å². The van der Waals surface area contributed by atoms with Gasteiger partial charge in [-0.05, 0) is 44.0 Å². The van der Waals surface area contributed by atoms with Crippen LogP contribution in [0.2, 0.25) is 0 Å². The smallest absolute Gasteiger partial charge is 0.307 e. The van der Waals surface area contributed by atoms with Crippen molar-refractivity contribution in [1.29, 1.82) is 0 Å². The second-order valence-electron chi connectivity index (χ2n) is 6.41. The van der Waals surface area contributed by atoms with Gasteiger partial charge in [0.2, 0.25) is 0 Å². The Labute approximate surface area is 151 Å². The molecule has 138 valence electrons.